The third-order valence-corrected chi connectivity index (χ3v) is 3.65. The summed E-state index contributed by atoms with van der Waals surface area (Å²) in [5.74, 6) is 0.167. The first-order valence-electron chi connectivity index (χ1n) is 7.34. The SMILES string of the molecule is CC1=C(C(=O)Nc2ccccn2)C(c2ccc(O)cc2)NC(=O)N1. The zero-order valence-corrected chi connectivity index (χ0v) is 12.9. The Morgan fingerprint density at radius 3 is 2.62 bits per heavy atom. The Morgan fingerprint density at radius 2 is 1.96 bits per heavy atom. The maximum atomic E-state index is 12.7. The summed E-state index contributed by atoms with van der Waals surface area (Å²) in [5.41, 5.74) is 1.53. The highest BCUT2D eigenvalue weighted by Crippen LogP contribution is 2.28. The Balaban J connectivity index is 1.94. The molecule has 24 heavy (non-hydrogen) atoms. The van der Waals surface area contributed by atoms with Gasteiger partial charge in [-0.05, 0) is 36.8 Å². The number of rotatable bonds is 3. The van der Waals surface area contributed by atoms with Gasteiger partial charge in [0.1, 0.15) is 11.6 Å². The maximum Gasteiger partial charge on any atom is 0.319 e. The predicted octanol–water partition coefficient (Wildman–Crippen LogP) is 2.05. The van der Waals surface area contributed by atoms with Crippen molar-refractivity contribution in [1.82, 2.24) is 15.6 Å². The van der Waals surface area contributed by atoms with Crippen LogP contribution in [0.15, 0.2) is 59.9 Å². The van der Waals surface area contributed by atoms with E-state index < -0.39 is 6.04 Å². The second-order valence-corrected chi connectivity index (χ2v) is 5.33. The minimum atomic E-state index is -0.622. The number of nitrogens with zero attached hydrogens (tertiary/aromatic N) is 1. The van der Waals surface area contributed by atoms with Crippen molar-refractivity contribution in [2.45, 2.75) is 13.0 Å². The summed E-state index contributed by atoms with van der Waals surface area (Å²) in [6, 6.07) is 10.5. The number of hydrogen-bond acceptors (Lipinski definition) is 4. The molecule has 1 atom stereocenters. The number of phenols is 1. The van der Waals surface area contributed by atoms with Gasteiger partial charge in [-0.3, -0.25) is 4.79 Å². The molecule has 2 heterocycles. The molecule has 0 aliphatic carbocycles. The first kappa shape index (κ1) is 15.5. The zero-order valence-electron chi connectivity index (χ0n) is 12.9. The molecule has 1 unspecified atom stereocenters. The maximum absolute atomic E-state index is 12.7. The minimum absolute atomic E-state index is 0.110. The Kier molecular flexibility index (Phi) is 4.15. The summed E-state index contributed by atoms with van der Waals surface area (Å²) in [5, 5.41) is 17.5. The molecule has 122 valence electrons. The van der Waals surface area contributed by atoms with E-state index in [1.54, 1.807) is 43.5 Å². The zero-order chi connectivity index (χ0) is 17.1. The van der Waals surface area contributed by atoms with Gasteiger partial charge in [0.2, 0.25) is 0 Å². The summed E-state index contributed by atoms with van der Waals surface area (Å²) in [4.78, 5) is 28.6. The van der Waals surface area contributed by atoms with E-state index in [9.17, 15) is 14.7 Å². The molecule has 2 aromatic rings. The second kappa shape index (κ2) is 6.41. The van der Waals surface area contributed by atoms with Crippen LogP contribution in [0.4, 0.5) is 10.6 Å². The molecule has 1 aliphatic heterocycles. The summed E-state index contributed by atoms with van der Waals surface area (Å²) in [6.07, 6.45) is 1.58. The molecule has 0 spiro atoms. The van der Waals surface area contributed by atoms with Gasteiger partial charge in [-0.15, -0.1) is 0 Å². The average molecular weight is 324 g/mol. The molecule has 4 N–H and O–H groups in total. The number of carbonyl (C=O) groups excluding carboxylic acids is 2. The molecule has 1 aromatic heterocycles. The number of aromatic hydroxyl groups is 1. The lowest BCUT2D eigenvalue weighted by Crippen LogP contribution is -2.46. The van der Waals surface area contributed by atoms with Gasteiger partial charge in [-0.25, -0.2) is 9.78 Å². The van der Waals surface area contributed by atoms with Crippen molar-refractivity contribution in [3.05, 3.63) is 65.5 Å². The molecular formula is C17H16N4O3. The summed E-state index contributed by atoms with van der Waals surface area (Å²) in [6.45, 7) is 1.67. The van der Waals surface area contributed by atoms with E-state index in [2.05, 4.69) is 20.9 Å². The first-order chi connectivity index (χ1) is 11.5. The molecule has 0 saturated heterocycles. The van der Waals surface area contributed by atoms with Crippen LogP contribution in [-0.4, -0.2) is 22.0 Å². The fourth-order valence-corrected chi connectivity index (χ4v) is 2.53. The number of hydrogen-bond donors (Lipinski definition) is 4. The van der Waals surface area contributed by atoms with Crippen molar-refractivity contribution in [3.8, 4) is 5.75 Å². The van der Waals surface area contributed by atoms with Crippen LogP contribution in [0.5, 0.6) is 5.75 Å². The normalized spacial score (nSPS) is 17.0. The van der Waals surface area contributed by atoms with Crippen LogP contribution in [0.25, 0.3) is 0 Å². The molecule has 7 nitrogen and oxygen atoms in total. The molecule has 0 fully saturated rings. The number of phenolic OH excluding ortho intramolecular Hbond substituents is 1. The summed E-state index contributed by atoms with van der Waals surface area (Å²) in [7, 11) is 0. The number of benzene rings is 1. The van der Waals surface area contributed by atoms with Gasteiger partial charge in [-0.1, -0.05) is 18.2 Å². The van der Waals surface area contributed by atoms with Crippen LogP contribution >= 0.6 is 0 Å². The second-order valence-electron chi connectivity index (χ2n) is 5.33. The van der Waals surface area contributed by atoms with Crippen molar-refractivity contribution in [1.29, 1.82) is 0 Å². The average Bonchev–Trinajstić information content (AvgIpc) is 2.55. The van der Waals surface area contributed by atoms with Crippen LogP contribution in [-0.2, 0) is 4.79 Å². The van der Waals surface area contributed by atoms with Crippen LogP contribution in [0.3, 0.4) is 0 Å². The molecule has 0 radical (unpaired) electrons. The van der Waals surface area contributed by atoms with E-state index in [4.69, 9.17) is 0 Å². The molecule has 1 aliphatic rings. The van der Waals surface area contributed by atoms with Crippen LogP contribution in [0.1, 0.15) is 18.5 Å². The Hall–Kier alpha value is -3.35. The number of amides is 3. The van der Waals surface area contributed by atoms with Crippen molar-refractivity contribution >= 4 is 17.8 Å². The van der Waals surface area contributed by atoms with Crippen molar-refractivity contribution < 1.29 is 14.7 Å². The van der Waals surface area contributed by atoms with Crippen molar-refractivity contribution in [2.24, 2.45) is 0 Å². The smallest absolute Gasteiger partial charge is 0.319 e. The van der Waals surface area contributed by atoms with Gasteiger partial charge < -0.3 is 21.1 Å². The van der Waals surface area contributed by atoms with Crippen molar-refractivity contribution in [3.63, 3.8) is 0 Å². The quantitative estimate of drug-likeness (QED) is 0.694. The van der Waals surface area contributed by atoms with Crippen LogP contribution in [0, 0.1) is 0 Å². The monoisotopic (exact) mass is 324 g/mol. The highest BCUT2D eigenvalue weighted by Gasteiger charge is 2.31. The van der Waals surface area contributed by atoms with Gasteiger partial charge >= 0.3 is 6.03 Å². The topological polar surface area (TPSA) is 103 Å². The molecule has 0 bridgehead atoms. The van der Waals surface area contributed by atoms with E-state index in [1.807, 2.05) is 0 Å². The number of urea groups is 1. The third-order valence-electron chi connectivity index (χ3n) is 3.65. The van der Waals surface area contributed by atoms with Crippen LogP contribution in [0.2, 0.25) is 0 Å². The fraction of sp³-hybridized carbons (Fsp3) is 0.118. The van der Waals surface area contributed by atoms with E-state index in [1.165, 1.54) is 12.1 Å². The number of nitrogens with one attached hydrogen (secondary N) is 3. The van der Waals surface area contributed by atoms with Gasteiger partial charge in [-0.2, -0.15) is 0 Å². The fourth-order valence-electron chi connectivity index (χ4n) is 2.53. The molecule has 1 aromatic carbocycles. The summed E-state index contributed by atoms with van der Waals surface area (Å²) >= 11 is 0. The molecule has 0 saturated carbocycles. The molecule has 3 rings (SSSR count). The molecular weight excluding hydrogens is 308 g/mol. The highest BCUT2D eigenvalue weighted by molar-refractivity contribution is 6.06. The highest BCUT2D eigenvalue weighted by atomic mass is 16.3. The van der Waals surface area contributed by atoms with E-state index in [0.29, 0.717) is 22.7 Å². The largest absolute Gasteiger partial charge is 0.508 e. The third kappa shape index (κ3) is 3.19. The molecule has 3 amide bonds. The van der Waals surface area contributed by atoms with E-state index >= 15 is 0 Å². The lowest BCUT2D eigenvalue weighted by atomic mass is 9.95. The van der Waals surface area contributed by atoms with E-state index in [0.717, 1.165) is 0 Å². The minimum Gasteiger partial charge on any atom is -0.508 e. The van der Waals surface area contributed by atoms with Gasteiger partial charge in [0, 0.05) is 11.9 Å². The number of anilines is 1. The number of aromatic nitrogens is 1. The number of allylic oxidation sites excluding steroid dienone is 1. The molecule has 7 heteroatoms. The number of pyridine rings is 1. The van der Waals surface area contributed by atoms with Crippen molar-refractivity contribution in [2.75, 3.05) is 5.32 Å². The first-order valence-corrected chi connectivity index (χ1v) is 7.34. The lowest BCUT2D eigenvalue weighted by Gasteiger charge is -2.28. The Labute approximate surface area is 138 Å². The summed E-state index contributed by atoms with van der Waals surface area (Å²) < 4.78 is 0. The standard InChI is InChI=1S/C17H16N4O3/c1-10-14(16(23)20-13-4-2-3-9-18-13)15(21-17(24)19-10)11-5-7-12(22)8-6-11/h2-9,15,22H,1H3,(H,18,20,23)(H2,19,21,24). The Morgan fingerprint density at radius 1 is 1.21 bits per heavy atom. The lowest BCUT2D eigenvalue weighted by molar-refractivity contribution is -0.113. The van der Waals surface area contributed by atoms with Crippen LogP contribution < -0.4 is 16.0 Å². The van der Waals surface area contributed by atoms with Gasteiger partial charge in [0.15, 0.2) is 0 Å². The van der Waals surface area contributed by atoms with Gasteiger partial charge in [0.25, 0.3) is 5.91 Å². The van der Waals surface area contributed by atoms with E-state index in [-0.39, 0.29) is 17.7 Å². The Bertz CT molecular complexity index is 800. The predicted molar refractivity (Wildman–Crippen MR) is 88.1 cm³/mol. The van der Waals surface area contributed by atoms with Gasteiger partial charge in [0.05, 0.1) is 11.6 Å². The number of carbonyl (C=O) groups is 2.